The molecule has 2 N–H and O–H groups in total. The number of benzene rings is 1. The van der Waals surface area contributed by atoms with Gasteiger partial charge in [-0.05, 0) is 6.42 Å². The van der Waals surface area contributed by atoms with Crippen LogP contribution in [0.2, 0.25) is 0 Å². The Balaban J connectivity index is 2.82. The largest absolute Gasteiger partial charge is 0.295 e. The molecule has 0 fully saturated rings. The first-order chi connectivity index (χ1) is 5.67. The number of hydrogen-bond acceptors (Lipinski definition) is 1. The lowest BCUT2D eigenvalue weighted by Gasteiger charge is -2.19. The van der Waals surface area contributed by atoms with Crippen molar-refractivity contribution in [1.29, 1.82) is 0 Å². The molecule has 2 heteroatoms. The van der Waals surface area contributed by atoms with Gasteiger partial charge in [-0.15, -0.1) is 0 Å². The third kappa shape index (κ3) is 2.05. The van der Waals surface area contributed by atoms with Gasteiger partial charge in [0.15, 0.2) is 5.79 Å². The normalized spacial score (nSPS) is 15.6. The quantitative estimate of drug-likeness (QED) is 0.688. The molecule has 0 saturated carbocycles. The summed E-state index contributed by atoms with van der Waals surface area (Å²) in [6.07, 6.45) is 1.12. The Morgan fingerprint density at radius 3 is 2.42 bits per heavy atom. The Hall–Kier alpha value is -0.890. The highest BCUT2D eigenvalue weighted by Gasteiger charge is 2.24. The van der Waals surface area contributed by atoms with Gasteiger partial charge in [0.2, 0.25) is 0 Å². The van der Waals surface area contributed by atoms with Crippen molar-refractivity contribution in [3.8, 4) is 0 Å². The Labute approximate surface area is 72.4 Å². The average molecular weight is 167 g/mol. The molecule has 12 heavy (non-hydrogen) atoms. The van der Waals surface area contributed by atoms with Crippen LogP contribution in [-0.2, 0) is 5.79 Å². The third-order valence-electron chi connectivity index (χ3n) is 1.87. The van der Waals surface area contributed by atoms with Gasteiger partial charge in [-0.1, -0.05) is 43.7 Å². The van der Waals surface area contributed by atoms with Gasteiger partial charge in [0.1, 0.15) is 0 Å². The minimum Gasteiger partial charge on any atom is -0.295 e. The molecule has 0 aliphatic heterocycles. The number of alkyl halides is 1. The predicted octanol–water partition coefficient (Wildman–Crippen LogP) is 2.57. The van der Waals surface area contributed by atoms with Gasteiger partial charge in [0, 0.05) is 5.56 Å². The standard InChI is InChI=1S/C10H14FN/c1-2-8-10(11,12)9-6-4-3-5-7-9/h3-7H,2,8,12H2,1H3. The van der Waals surface area contributed by atoms with Gasteiger partial charge in [0.25, 0.3) is 0 Å². The van der Waals surface area contributed by atoms with E-state index in [1.54, 1.807) is 24.3 Å². The van der Waals surface area contributed by atoms with Crippen LogP contribution in [-0.4, -0.2) is 0 Å². The molecular formula is C10H14FN. The van der Waals surface area contributed by atoms with E-state index < -0.39 is 5.79 Å². The molecule has 1 nitrogen and oxygen atoms in total. The molecule has 0 aliphatic carbocycles. The number of halogens is 1. The van der Waals surface area contributed by atoms with Crippen LogP contribution >= 0.6 is 0 Å². The van der Waals surface area contributed by atoms with E-state index in [0.717, 1.165) is 6.42 Å². The van der Waals surface area contributed by atoms with Crippen LogP contribution in [0, 0.1) is 0 Å². The molecule has 0 radical (unpaired) electrons. The van der Waals surface area contributed by atoms with Crippen LogP contribution < -0.4 is 5.73 Å². The summed E-state index contributed by atoms with van der Waals surface area (Å²) in [4.78, 5) is 0. The van der Waals surface area contributed by atoms with Gasteiger partial charge in [-0.25, -0.2) is 4.39 Å². The molecule has 1 unspecified atom stereocenters. The van der Waals surface area contributed by atoms with Crippen LogP contribution in [0.3, 0.4) is 0 Å². The SMILES string of the molecule is CCCC(N)(F)c1ccccc1. The number of hydrogen-bond donors (Lipinski definition) is 1. The van der Waals surface area contributed by atoms with E-state index in [2.05, 4.69) is 0 Å². The van der Waals surface area contributed by atoms with Crippen molar-refractivity contribution in [2.45, 2.75) is 25.6 Å². The van der Waals surface area contributed by atoms with Crippen molar-refractivity contribution < 1.29 is 4.39 Å². The van der Waals surface area contributed by atoms with Crippen LogP contribution in [0.25, 0.3) is 0 Å². The predicted molar refractivity (Wildman–Crippen MR) is 48.3 cm³/mol. The summed E-state index contributed by atoms with van der Waals surface area (Å²) in [7, 11) is 0. The molecule has 1 aromatic carbocycles. The second-order valence-corrected chi connectivity index (χ2v) is 2.98. The molecule has 0 spiro atoms. The molecule has 1 atom stereocenters. The van der Waals surface area contributed by atoms with Crippen molar-refractivity contribution in [3.63, 3.8) is 0 Å². The monoisotopic (exact) mass is 167 g/mol. The van der Waals surface area contributed by atoms with Gasteiger partial charge >= 0.3 is 0 Å². The average Bonchev–Trinajstić information content (AvgIpc) is 2.06. The van der Waals surface area contributed by atoms with E-state index >= 15 is 0 Å². The highest BCUT2D eigenvalue weighted by atomic mass is 19.1. The van der Waals surface area contributed by atoms with Gasteiger partial charge in [0.05, 0.1) is 0 Å². The second kappa shape index (κ2) is 3.68. The zero-order valence-electron chi connectivity index (χ0n) is 7.26. The summed E-state index contributed by atoms with van der Waals surface area (Å²) >= 11 is 0. The highest BCUT2D eigenvalue weighted by molar-refractivity contribution is 5.20. The van der Waals surface area contributed by atoms with E-state index in [0.29, 0.717) is 12.0 Å². The first kappa shape index (κ1) is 9.20. The number of nitrogens with two attached hydrogens (primary N) is 1. The van der Waals surface area contributed by atoms with Crippen molar-refractivity contribution in [1.82, 2.24) is 0 Å². The smallest absolute Gasteiger partial charge is 0.184 e. The topological polar surface area (TPSA) is 26.0 Å². The van der Waals surface area contributed by atoms with E-state index in [9.17, 15) is 4.39 Å². The first-order valence-electron chi connectivity index (χ1n) is 4.20. The third-order valence-corrected chi connectivity index (χ3v) is 1.87. The zero-order valence-corrected chi connectivity index (χ0v) is 7.26. The molecule has 1 aromatic rings. The second-order valence-electron chi connectivity index (χ2n) is 2.98. The van der Waals surface area contributed by atoms with Crippen molar-refractivity contribution in [2.75, 3.05) is 0 Å². The first-order valence-corrected chi connectivity index (χ1v) is 4.20. The van der Waals surface area contributed by atoms with Crippen LogP contribution in [0.5, 0.6) is 0 Å². The zero-order chi connectivity index (χ0) is 9.03. The number of rotatable bonds is 3. The Morgan fingerprint density at radius 1 is 1.33 bits per heavy atom. The molecule has 1 rings (SSSR count). The molecule has 0 heterocycles. The highest BCUT2D eigenvalue weighted by Crippen LogP contribution is 2.24. The minimum atomic E-state index is -1.66. The van der Waals surface area contributed by atoms with Gasteiger partial charge in [-0.3, -0.25) is 5.73 Å². The Kier molecular flexibility index (Phi) is 2.82. The molecule has 0 aromatic heterocycles. The lowest BCUT2D eigenvalue weighted by molar-refractivity contribution is 0.158. The van der Waals surface area contributed by atoms with Crippen molar-refractivity contribution in [3.05, 3.63) is 35.9 Å². The molecule has 0 saturated heterocycles. The molecule has 0 bridgehead atoms. The van der Waals surface area contributed by atoms with E-state index in [-0.39, 0.29) is 0 Å². The van der Waals surface area contributed by atoms with Gasteiger partial charge < -0.3 is 0 Å². The van der Waals surface area contributed by atoms with Gasteiger partial charge in [-0.2, -0.15) is 0 Å². The summed E-state index contributed by atoms with van der Waals surface area (Å²) in [5.41, 5.74) is 6.04. The maximum absolute atomic E-state index is 13.6. The Bertz CT molecular complexity index is 231. The summed E-state index contributed by atoms with van der Waals surface area (Å²) in [5.74, 6) is -1.66. The summed E-state index contributed by atoms with van der Waals surface area (Å²) in [6, 6.07) is 8.88. The van der Waals surface area contributed by atoms with Crippen molar-refractivity contribution in [2.24, 2.45) is 5.73 Å². The van der Waals surface area contributed by atoms with Crippen LogP contribution in [0.1, 0.15) is 25.3 Å². The maximum Gasteiger partial charge on any atom is 0.184 e. The minimum absolute atomic E-state index is 0.372. The van der Waals surface area contributed by atoms with E-state index in [1.165, 1.54) is 0 Å². The fraction of sp³-hybridized carbons (Fsp3) is 0.400. The summed E-state index contributed by atoms with van der Waals surface area (Å²) < 4.78 is 13.6. The van der Waals surface area contributed by atoms with Crippen LogP contribution in [0.15, 0.2) is 30.3 Å². The fourth-order valence-electron chi connectivity index (χ4n) is 1.22. The molecular weight excluding hydrogens is 153 g/mol. The fourth-order valence-corrected chi connectivity index (χ4v) is 1.22. The lowest BCUT2D eigenvalue weighted by Crippen LogP contribution is -2.30. The molecule has 0 amide bonds. The summed E-state index contributed by atoms with van der Waals surface area (Å²) in [6.45, 7) is 1.92. The molecule has 66 valence electrons. The maximum atomic E-state index is 13.6. The lowest BCUT2D eigenvalue weighted by atomic mass is 10.0. The summed E-state index contributed by atoms with van der Waals surface area (Å²) in [5, 5.41) is 0. The van der Waals surface area contributed by atoms with E-state index in [1.807, 2.05) is 13.0 Å². The van der Waals surface area contributed by atoms with E-state index in [4.69, 9.17) is 5.73 Å². The van der Waals surface area contributed by atoms with Crippen molar-refractivity contribution >= 4 is 0 Å². The van der Waals surface area contributed by atoms with Crippen LogP contribution in [0.4, 0.5) is 4.39 Å². The Morgan fingerprint density at radius 2 is 1.92 bits per heavy atom. The molecule has 0 aliphatic rings.